The number of nitrogens with zero attached hydrogens (tertiary/aromatic N) is 4. The van der Waals surface area contributed by atoms with Gasteiger partial charge in [-0.25, -0.2) is 15.0 Å². The van der Waals surface area contributed by atoms with Crippen molar-refractivity contribution in [1.29, 1.82) is 0 Å². The van der Waals surface area contributed by atoms with E-state index >= 15 is 0 Å². The molecule has 0 saturated carbocycles. The minimum atomic E-state index is 0.420. The van der Waals surface area contributed by atoms with Crippen LogP contribution in [0, 0.1) is 0 Å². The third-order valence-electron chi connectivity index (χ3n) is 3.15. The molecule has 1 aromatic carbocycles. The molecule has 3 aromatic rings. The summed E-state index contributed by atoms with van der Waals surface area (Å²) in [5.41, 5.74) is 1.92. The molecule has 0 aliphatic rings. The topological polar surface area (TPSA) is 51.1 Å². The highest BCUT2D eigenvalue weighted by molar-refractivity contribution is 7.21. The summed E-state index contributed by atoms with van der Waals surface area (Å²) >= 11 is 1.64. The zero-order valence-electron chi connectivity index (χ0n) is 12.7. The van der Waals surface area contributed by atoms with Crippen LogP contribution >= 0.6 is 11.3 Å². The Labute approximate surface area is 133 Å². The van der Waals surface area contributed by atoms with Crippen molar-refractivity contribution < 1.29 is 4.74 Å². The van der Waals surface area contributed by atoms with Gasteiger partial charge in [-0.2, -0.15) is 0 Å². The van der Waals surface area contributed by atoms with Crippen LogP contribution in [-0.2, 0) is 0 Å². The molecule has 2 aromatic heterocycles. The fraction of sp³-hybridized carbons (Fsp3) is 0.312. The maximum atomic E-state index is 5.54. The minimum Gasteiger partial charge on any atom is -0.463 e. The molecule has 0 unspecified atom stereocenters. The molecule has 0 amide bonds. The maximum Gasteiger partial charge on any atom is 0.316 e. The van der Waals surface area contributed by atoms with Gasteiger partial charge in [-0.15, -0.1) is 11.3 Å². The molecule has 0 fully saturated rings. The second-order valence-electron chi connectivity index (χ2n) is 5.25. The molecule has 114 valence electrons. The molecule has 3 rings (SSSR count). The lowest BCUT2D eigenvalue weighted by Crippen LogP contribution is -2.15. The summed E-state index contributed by atoms with van der Waals surface area (Å²) in [6.45, 7) is 1.61. The van der Waals surface area contributed by atoms with E-state index in [1.165, 1.54) is 4.70 Å². The van der Waals surface area contributed by atoms with Crippen molar-refractivity contribution in [2.75, 3.05) is 27.2 Å². The van der Waals surface area contributed by atoms with Crippen molar-refractivity contribution in [2.45, 2.75) is 6.42 Å². The highest BCUT2D eigenvalue weighted by atomic mass is 32.1. The van der Waals surface area contributed by atoms with Crippen LogP contribution in [0.15, 0.2) is 36.7 Å². The first kappa shape index (κ1) is 14.9. The van der Waals surface area contributed by atoms with Crippen molar-refractivity contribution in [2.24, 2.45) is 0 Å². The Hall–Kier alpha value is -2.05. The number of thiazole rings is 1. The third-order valence-corrected chi connectivity index (χ3v) is 4.24. The Balaban J connectivity index is 1.66. The van der Waals surface area contributed by atoms with Gasteiger partial charge in [0, 0.05) is 24.5 Å². The van der Waals surface area contributed by atoms with Crippen LogP contribution in [0.5, 0.6) is 6.01 Å². The van der Waals surface area contributed by atoms with Crippen molar-refractivity contribution in [1.82, 2.24) is 19.9 Å². The summed E-state index contributed by atoms with van der Waals surface area (Å²) in [4.78, 5) is 15.2. The van der Waals surface area contributed by atoms with E-state index in [9.17, 15) is 0 Å². The monoisotopic (exact) mass is 314 g/mol. The number of hydrogen-bond donors (Lipinski definition) is 0. The number of fused-ring (bicyclic) bond motifs is 1. The normalized spacial score (nSPS) is 11.2. The number of benzene rings is 1. The molecule has 0 radical (unpaired) electrons. The Kier molecular flexibility index (Phi) is 4.60. The second kappa shape index (κ2) is 6.81. The van der Waals surface area contributed by atoms with Crippen LogP contribution in [0.3, 0.4) is 0 Å². The van der Waals surface area contributed by atoms with E-state index in [0.717, 1.165) is 29.1 Å². The molecular weight excluding hydrogens is 296 g/mol. The second-order valence-corrected chi connectivity index (χ2v) is 6.28. The van der Waals surface area contributed by atoms with Gasteiger partial charge in [0.05, 0.1) is 16.8 Å². The van der Waals surface area contributed by atoms with E-state index in [-0.39, 0.29) is 0 Å². The third kappa shape index (κ3) is 3.58. The number of aromatic nitrogens is 3. The average molecular weight is 314 g/mol. The first-order valence-corrected chi connectivity index (χ1v) is 7.99. The highest BCUT2D eigenvalue weighted by Crippen LogP contribution is 2.29. The molecular formula is C16H18N4OS. The predicted molar refractivity (Wildman–Crippen MR) is 89.3 cm³/mol. The molecule has 5 nitrogen and oxygen atoms in total. The van der Waals surface area contributed by atoms with E-state index in [2.05, 4.69) is 25.9 Å². The van der Waals surface area contributed by atoms with E-state index in [1.807, 2.05) is 32.3 Å². The minimum absolute atomic E-state index is 0.420. The van der Waals surface area contributed by atoms with Crippen LogP contribution < -0.4 is 4.74 Å². The number of rotatable bonds is 6. The van der Waals surface area contributed by atoms with Crippen LogP contribution in [0.25, 0.3) is 20.8 Å². The average Bonchev–Trinajstić information content (AvgIpc) is 2.96. The van der Waals surface area contributed by atoms with Gasteiger partial charge >= 0.3 is 6.01 Å². The zero-order valence-corrected chi connectivity index (χ0v) is 13.5. The van der Waals surface area contributed by atoms with Gasteiger partial charge in [-0.05, 0) is 32.6 Å². The fourth-order valence-electron chi connectivity index (χ4n) is 2.04. The first-order valence-electron chi connectivity index (χ1n) is 7.18. The molecule has 0 aliphatic carbocycles. The van der Waals surface area contributed by atoms with Gasteiger partial charge in [0.1, 0.15) is 5.01 Å². The molecule has 0 aliphatic heterocycles. The maximum absolute atomic E-state index is 5.54. The molecule has 2 heterocycles. The van der Waals surface area contributed by atoms with Crippen molar-refractivity contribution in [3.63, 3.8) is 0 Å². The molecule has 6 heteroatoms. The van der Waals surface area contributed by atoms with Gasteiger partial charge in [0.15, 0.2) is 0 Å². The lowest BCUT2D eigenvalue weighted by atomic mass is 10.3. The first-order chi connectivity index (χ1) is 10.7. The van der Waals surface area contributed by atoms with E-state index in [1.54, 1.807) is 23.7 Å². The van der Waals surface area contributed by atoms with Crippen molar-refractivity contribution in [3.8, 4) is 16.6 Å². The van der Waals surface area contributed by atoms with Crippen LogP contribution in [0.2, 0.25) is 0 Å². The van der Waals surface area contributed by atoms with Gasteiger partial charge in [-0.3, -0.25) is 0 Å². The summed E-state index contributed by atoms with van der Waals surface area (Å²) in [5.74, 6) is 0. The number of hydrogen-bond acceptors (Lipinski definition) is 6. The quantitative estimate of drug-likeness (QED) is 0.654. The van der Waals surface area contributed by atoms with Gasteiger partial charge in [-0.1, -0.05) is 12.1 Å². The molecule has 0 spiro atoms. The van der Waals surface area contributed by atoms with E-state index in [4.69, 9.17) is 4.74 Å². The fourth-order valence-corrected chi connectivity index (χ4v) is 2.98. The molecule has 0 N–H and O–H groups in total. The lowest BCUT2D eigenvalue weighted by Gasteiger charge is -2.09. The Morgan fingerprint density at radius 2 is 1.91 bits per heavy atom. The van der Waals surface area contributed by atoms with Crippen molar-refractivity contribution in [3.05, 3.63) is 36.7 Å². The predicted octanol–water partition coefficient (Wildman–Crippen LogP) is 3.08. The van der Waals surface area contributed by atoms with Crippen LogP contribution in [0.1, 0.15) is 6.42 Å². The highest BCUT2D eigenvalue weighted by Gasteiger charge is 2.07. The summed E-state index contributed by atoms with van der Waals surface area (Å²) in [7, 11) is 4.09. The largest absolute Gasteiger partial charge is 0.463 e. The summed E-state index contributed by atoms with van der Waals surface area (Å²) in [5, 5.41) is 0.931. The SMILES string of the molecule is CN(C)CCCOc1ncc(-c2nc3ccccc3s2)cn1. The van der Waals surface area contributed by atoms with Crippen LogP contribution in [-0.4, -0.2) is 47.1 Å². The lowest BCUT2D eigenvalue weighted by molar-refractivity contribution is 0.264. The smallest absolute Gasteiger partial charge is 0.316 e. The summed E-state index contributed by atoms with van der Waals surface area (Å²) in [6, 6.07) is 8.51. The van der Waals surface area contributed by atoms with Gasteiger partial charge in [0.25, 0.3) is 0 Å². The molecule has 22 heavy (non-hydrogen) atoms. The van der Waals surface area contributed by atoms with Crippen LogP contribution in [0.4, 0.5) is 0 Å². The Morgan fingerprint density at radius 1 is 1.14 bits per heavy atom. The summed E-state index contributed by atoms with van der Waals surface area (Å²) in [6.07, 6.45) is 4.49. The summed E-state index contributed by atoms with van der Waals surface area (Å²) < 4.78 is 6.71. The van der Waals surface area contributed by atoms with E-state index in [0.29, 0.717) is 12.6 Å². The van der Waals surface area contributed by atoms with Crippen molar-refractivity contribution >= 4 is 21.6 Å². The van der Waals surface area contributed by atoms with Gasteiger partial charge < -0.3 is 9.64 Å². The Bertz CT molecular complexity index is 706. The standard InChI is InChI=1S/C16H18N4OS/c1-20(2)8-5-9-21-16-17-10-12(11-18-16)15-19-13-6-3-4-7-14(13)22-15/h3-4,6-7,10-11H,5,8-9H2,1-2H3. The Morgan fingerprint density at radius 3 is 2.64 bits per heavy atom. The molecule has 0 bridgehead atoms. The number of para-hydroxylation sites is 1. The zero-order chi connectivity index (χ0) is 15.4. The van der Waals surface area contributed by atoms with E-state index < -0.39 is 0 Å². The molecule has 0 atom stereocenters. The number of ether oxygens (including phenoxy) is 1. The van der Waals surface area contributed by atoms with Gasteiger partial charge in [0.2, 0.25) is 0 Å². The molecule has 0 saturated heterocycles.